The van der Waals surface area contributed by atoms with Gasteiger partial charge in [-0.2, -0.15) is 0 Å². The minimum atomic E-state index is -0.458. The Morgan fingerprint density at radius 2 is 1.40 bits per heavy atom. The number of rotatable bonds is 5. The van der Waals surface area contributed by atoms with Crippen molar-refractivity contribution >= 4 is 46.0 Å². The van der Waals surface area contributed by atoms with Crippen LogP contribution in [0.5, 0.6) is 0 Å². The number of fused-ring (bicyclic) bond motifs is 1. The molecular formula is C24H21N3O2S. The standard InChI is InChI=1S/C24H21N3O2S/c1-17(30-24-25-21-15-9-10-16-22(21)26(24)18(2)28)23(29)27(19-11-5-3-6-12-19)20-13-7-4-8-14-20/h3-17H,1-2H3/t17-/m0/s1. The Hall–Kier alpha value is -3.38. The number of carbonyl (C=O) groups is 2. The van der Waals surface area contributed by atoms with Gasteiger partial charge >= 0.3 is 0 Å². The quantitative estimate of drug-likeness (QED) is 0.402. The summed E-state index contributed by atoms with van der Waals surface area (Å²) >= 11 is 1.29. The van der Waals surface area contributed by atoms with Crippen molar-refractivity contribution in [2.75, 3.05) is 4.90 Å². The van der Waals surface area contributed by atoms with Gasteiger partial charge in [0.2, 0.25) is 11.8 Å². The Kier molecular flexibility index (Phi) is 5.68. The second-order valence-corrected chi connectivity index (χ2v) is 8.15. The summed E-state index contributed by atoms with van der Waals surface area (Å²) in [6.45, 7) is 3.35. The third kappa shape index (κ3) is 3.86. The van der Waals surface area contributed by atoms with E-state index in [0.29, 0.717) is 5.16 Å². The van der Waals surface area contributed by atoms with E-state index in [1.165, 1.54) is 18.7 Å². The summed E-state index contributed by atoms with van der Waals surface area (Å²) in [6, 6.07) is 26.6. The zero-order chi connectivity index (χ0) is 21.1. The number of benzene rings is 3. The first-order valence-corrected chi connectivity index (χ1v) is 10.5. The van der Waals surface area contributed by atoms with Gasteiger partial charge in [0.1, 0.15) is 0 Å². The van der Waals surface area contributed by atoms with E-state index in [2.05, 4.69) is 4.98 Å². The van der Waals surface area contributed by atoms with Gasteiger partial charge in [-0.1, -0.05) is 60.3 Å². The molecule has 1 aromatic heterocycles. The van der Waals surface area contributed by atoms with Gasteiger partial charge in [-0.25, -0.2) is 4.98 Å². The number of hydrogen-bond acceptors (Lipinski definition) is 4. The molecule has 5 nitrogen and oxygen atoms in total. The Labute approximate surface area is 179 Å². The fourth-order valence-electron chi connectivity index (χ4n) is 3.34. The highest BCUT2D eigenvalue weighted by Gasteiger charge is 2.27. The third-order valence-electron chi connectivity index (χ3n) is 4.72. The predicted molar refractivity (Wildman–Crippen MR) is 121 cm³/mol. The van der Waals surface area contributed by atoms with Crippen molar-refractivity contribution in [2.45, 2.75) is 24.3 Å². The Morgan fingerprint density at radius 1 is 0.867 bits per heavy atom. The molecule has 1 atom stereocenters. The summed E-state index contributed by atoms with van der Waals surface area (Å²) < 4.78 is 1.57. The lowest BCUT2D eigenvalue weighted by molar-refractivity contribution is -0.117. The van der Waals surface area contributed by atoms with Gasteiger partial charge in [0, 0.05) is 18.3 Å². The molecule has 1 amide bonds. The van der Waals surface area contributed by atoms with Gasteiger partial charge in [0.15, 0.2) is 5.16 Å². The van der Waals surface area contributed by atoms with Crippen molar-refractivity contribution in [3.8, 4) is 0 Å². The number of amides is 1. The maximum atomic E-state index is 13.5. The van der Waals surface area contributed by atoms with E-state index in [-0.39, 0.29) is 11.8 Å². The van der Waals surface area contributed by atoms with E-state index in [0.717, 1.165) is 22.4 Å². The van der Waals surface area contributed by atoms with E-state index in [4.69, 9.17) is 0 Å². The molecule has 0 radical (unpaired) electrons. The van der Waals surface area contributed by atoms with Crippen molar-refractivity contribution < 1.29 is 9.59 Å². The summed E-state index contributed by atoms with van der Waals surface area (Å²) in [5, 5.41) is 0.0611. The first kappa shape index (κ1) is 19.9. The van der Waals surface area contributed by atoms with Crippen LogP contribution in [0.25, 0.3) is 11.0 Å². The smallest absolute Gasteiger partial charge is 0.244 e. The average molecular weight is 416 g/mol. The van der Waals surface area contributed by atoms with Crippen LogP contribution in [-0.2, 0) is 4.79 Å². The van der Waals surface area contributed by atoms with Gasteiger partial charge in [-0.05, 0) is 43.3 Å². The molecular weight excluding hydrogens is 394 g/mol. The number of nitrogens with zero attached hydrogens (tertiary/aromatic N) is 3. The summed E-state index contributed by atoms with van der Waals surface area (Å²) in [7, 11) is 0. The topological polar surface area (TPSA) is 55.2 Å². The van der Waals surface area contributed by atoms with Crippen molar-refractivity contribution in [2.24, 2.45) is 0 Å². The van der Waals surface area contributed by atoms with Gasteiger partial charge in [0.05, 0.1) is 16.3 Å². The van der Waals surface area contributed by atoms with Crippen molar-refractivity contribution in [1.82, 2.24) is 9.55 Å². The molecule has 150 valence electrons. The van der Waals surface area contributed by atoms with Gasteiger partial charge in [-0.15, -0.1) is 0 Å². The maximum Gasteiger partial charge on any atom is 0.244 e. The summed E-state index contributed by atoms with van der Waals surface area (Å²) in [5.41, 5.74) is 3.07. The van der Waals surface area contributed by atoms with Crippen LogP contribution in [0.15, 0.2) is 90.1 Å². The van der Waals surface area contributed by atoms with E-state index in [1.54, 1.807) is 9.47 Å². The number of anilines is 2. The molecule has 0 saturated carbocycles. The van der Waals surface area contributed by atoms with E-state index < -0.39 is 5.25 Å². The van der Waals surface area contributed by atoms with Crippen molar-refractivity contribution in [1.29, 1.82) is 0 Å². The van der Waals surface area contributed by atoms with Gasteiger partial charge in [0.25, 0.3) is 0 Å². The fourth-order valence-corrected chi connectivity index (χ4v) is 4.34. The third-order valence-corrected chi connectivity index (χ3v) is 5.76. The van der Waals surface area contributed by atoms with Crippen LogP contribution in [0.2, 0.25) is 0 Å². The van der Waals surface area contributed by atoms with Crippen LogP contribution in [0.3, 0.4) is 0 Å². The highest BCUT2D eigenvalue weighted by molar-refractivity contribution is 8.00. The van der Waals surface area contributed by atoms with Crippen LogP contribution in [0, 0.1) is 0 Å². The number of imidazole rings is 1. The van der Waals surface area contributed by atoms with Gasteiger partial charge in [-0.3, -0.25) is 19.1 Å². The zero-order valence-corrected chi connectivity index (χ0v) is 17.5. The van der Waals surface area contributed by atoms with Crippen LogP contribution < -0.4 is 4.90 Å². The molecule has 6 heteroatoms. The number of carbonyl (C=O) groups excluding carboxylic acids is 2. The highest BCUT2D eigenvalue weighted by Crippen LogP contribution is 2.32. The Balaban J connectivity index is 1.69. The van der Waals surface area contributed by atoms with E-state index in [9.17, 15) is 9.59 Å². The second-order valence-electron chi connectivity index (χ2n) is 6.84. The normalized spacial score (nSPS) is 11.9. The fraction of sp³-hybridized carbons (Fsp3) is 0.125. The Bertz CT molecular complexity index is 1150. The van der Waals surface area contributed by atoms with Gasteiger partial charge < -0.3 is 0 Å². The molecule has 0 aliphatic heterocycles. The summed E-state index contributed by atoms with van der Waals surface area (Å²) in [6.07, 6.45) is 0. The second kappa shape index (κ2) is 8.55. The SMILES string of the molecule is CC(=O)n1c(S[C@@H](C)C(=O)N(c2ccccc2)c2ccccc2)nc2ccccc21. The molecule has 1 heterocycles. The molecule has 0 spiro atoms. The monoisotopic (exact) mass is 415 g/mol. The first-order chi connectivity index (χ1) is 14.6. The lowest BCUT2D eigenvalue weighted by Crippen LogP contribution is -2.33. The van der Waals surface area contributed by atoms with E-state index >= 15 is 0 Å². The van der Waals surface area contributed by atoms with Crippen LogP contribution in [0.4, 0.5) is 11.4 Å². The van der Waals surface area contributed by atoms with Crippen LogP contribution >= 0.6 is 11.8 Å². The molecule has 0 bridgehead atoms. The van der Waals surface area contributed by atoms with Crippen LogP contribution in [0.1, 0.15) is 18.6 Å². The number of thioether (sulfide) groups is 1. The zero-order valence-electron chi connectivity index (χ0n) is 16.7. The lowest BCUT2D eigenvalue weighted by atomic mass is 10.2. The number of aromatic nitrogens is 2. The highest BCUT2D eigenvalue weighted by atomic mass is 32.2. The summed E-state index contributed by atoms with van der Waals surface area (Å²) in [4.78, 5) is 32.1. The first-order valence-electron chi connectivity index (χ1n) is 9.65. The number of para-hydroxylation sites is 4. The summed E-state index contributed by atoms with van der Waals surface area (Å²) in [5.74, 6) is -0.214. The molecule has 0 saturated heterocycles. The molecule has 0 fully saturated rings. The Morgan fingerprint density at radius 3 is 1.97 bits per heavy atom. The molecule has 4 aromatic rings. The van der Waals surface area contributed by atoms with E-state index in [1.807, 2.05) is 91.9 Å². The minimum absolute atomic E-state index is 0.0837. The molecule has 0 N–H and O–H groups in total. The number of hydrogen-bond donors (Lipinski definition) is 0. The minimum Gasteiger partial charge on any atom is -0.280 e. The average Bonchev–Trinajstić information content (AvgIpc) is 3.13. The molecule has 4 rings (SSSR count). The molecule has 0 aliphatic rings. The van der Waals surface area contributed by atoms with Crippen molar-refractivity contribution in [3.05, 3.63) is 84.9 Å². The molecule has 0 unspecified atom stereocenters. The maximum absolute atomic E-state index is 13.5. The predicted octanol–water partition coefficient (Wildman–Crippen LogP) is 5.54. The largest absolute Gasteiger partial charge is 0.280 e. The van der Waals surface area contributed by atoms with Crippen molar-refractivity contribution in [3.63, 3.8) is 0 Å². The van der Waals surface area contributed by atoms with Crippen LogP contribution in [-0.4, -0.2) is 26.6 Å². The molecule has 3 aromatic carbocycles. The lowest BCUT2D eigenvalue weighted by Gasteiger charge is -2.25. The molecule has 0 aliphatic carbocycles. The molecule has 30 heavy (non-hydrogen) atoms.